The summed E-state index contributed by atoms with van der Waals surface area (Å²) in [6.45, 7) is 4.61. The van der Waals surface area contributed by atoms with Crippen molar-refractivity contribution in [3.05, 3.63) is 58.6 Å². The minimum atomic E-state index is -3.69. The lowest BCUT2D eigenvalue weighted by molar-refractivity contribution is -0.121. The Labute approximate surface area is 164 Å². The molecule has 0 heterocycles. The van der Waals surface area contributed by atoms with E-state index >= 15 is 0 Å². The van der Waals surface area contributed by atoms with Crippen molar-refractivity contribution in [2.45, 2.75) is 25.2 Å². The molecule has 2 aromatic carbocycles. The summed E-state index contributed by atoms with van der Waals surface area (Å²) >= 11 is 5.80. The number of carbonyl (C=O) groups excluding carboxylic acids is 1. The number of benzene rings is 2. The molecule has 0 unspecified atom stereocenters. The maximum Gasteiger partial charge on any atom is 0.240 e. The van der Waals surface area contributed by atoms with Gasteiger partial charge in [-0.15, -0.1) is 0 Å². The number of carbonyl (C=O) groups is 1. The molecule has 0 atom stereocenters. The molecule has 0 saturated heterocycles. The maximum atomic E-state index is 12.1. The fourth-order valence-corrected chi connectivity index (χ4v) is 3.81. The minimum absolute atomic E-state index is 0.00155. The van der Waals surface area contributed by atoms with E-state index in [0.29, 0.717) is 18.2 Å². The number of para-hydroxylation sites is 1. The van der Waals surface area contributed by atoms with Crippen LogP contribution in [0.4, 0.5) is 0 Å². The van der Waals surface area contributed by atoms with Gasteiger partial charge in [-0.2, -0.15) is 0 Å². The molecule has 0 aliphatic heterocycles. The van der Waals surface area contributed by atoms with Crippen LogP contribution >= 0.6 is 11.6 Å². The van der Waals surface area contributed by atoms with Gasteiger partial charge in [-0.1, -0.05) is 35.9 Å². The summed E-state index contributed by atoms with van der Waals surface area (Å²) in [7, 11) is -3.69. The Hall–Kier alpha value is -2.09. The average molecular weight is 411 g/mol. The van der Waals surface area contributed by atoms with Gasteiger partial charge >= 0.3 is 0 Å². The van der Waals surface area contributed by atoms with Crippen LogP contribution in [0.15, 0.2) is 47.4 Å². The van der Waals surface area contributed by atoms with Crippen LogP contribution in [0.1, 0.15) is 17.5 Å². The van der Waals surface area contributed by atoms with Crippen LogP contribution in [-0.4, -0.2) is 34.0 Å². The SMILES string of the molecule is Cc1cccc(C)c1OCCNC(=O)CCNS(=O)(=O)c1cccc(Cl)c1. The third-order valence-electron chi connectivity index (χ3n) is 3.83. The molecular formula is C19H23ClN2O4S. The highest BCUT2D eigenvalue weighted by atomic mass is 35.5. The predicted octanol–water partition coefficient (Wildman–Crippen LogP) is 2.82. The molecule has 1 amide bonds. The van der Waals surface area contributed by atoms with Crippen molar-refractivity contribution < 1.29 is 17.9 Å². The summed E-state index contributed by atoms with van der Waals surface area (Å²) in [5.74, 6) is 0.565. The van der Waals surface area contributed by atoms with Crippen molar-refractivity contribution >= 4 is 27.5 Å². The molecule has 2 N–H and O–H groups in total. The zero-order chi connectivity index (χ0) is 19.9. The van der Waals surface area contributed by atoms with Crippen LogP contribution in [-0.2, 0) is 14.8 Å². The quantitative estimate of drug-likeness (QED) is 0.622. The highest BCUT2D eigenvalue weighted by Gasteiger charge is 2.14. The van der Waals surface area contributed by atoms with Crippen LogP contribution in [0.5, 0.6) is 5.75 Å². The van der Waals surface area contributed by atoms with Crippen molar-refractivity contribution in [2.75, 3.05) is 19.7 Å². The molecule has 0 saturated carbocycles. The Kier molecular flexibility index (Phi) is 7.65. The Balaban J connectivity index is 1.71. The lowest BCUT2D eigenvalue weighted by Crippen LogP contribution is -2.32. The number of ether oxygens (including phenoxy) is 1. The first-order chi connectivity index (χ1) is 12.8. The topological polar surface area (TPSA) is 84.5 Å². The Morgan fingerprint density at radius 2 is 1.74 bits per heavy atom. The second kappa shape index (κ2) is 9.73. The van der Waals surface area contributed by atoms with E-state index in [-0.39, 0.29) is 23.8 Å². The van der Waals surface area contributed by atoms with Crippen LogP contribution in [0, 0.1) is 13.8 Å². The predicted molar refractivity (Wildman–Crippen MR) is 106 cm³/mol. The van der Waals surface area contributed by atoms with Crippen LogP contribution in [0.2, 0.25) is 5.02 Å². The molecule has 146 valence electrons. The van der Waals surface area contributed by atoms with E-state index in [0.717, 1.165) is 16.9 Å². The van der Waals surface area contributed by atoms with Gasteiger partial charge in [0.25, 0.3) is 0 Å². The number of halogens is 1. The molecule has 2 aromatic rings. The van der Waals surface area contributed by atoms with Gasteiger partial charge in [-0.05, 0) is 43.2 Å². The maximum absolute atomic E-state index is 12.1. The Morgan fingerprint density at radius 3 is 2.41 bits per heavy atom. The highest BCUT2D eigenvalue weighted by molar-refractivity contribution is 7.89. The van der Waals surface area contributed by atoms with Crippen molar-refractivity contribution in [2.24, 2.45) is 0 Å². The van der Waals surface area contributed by atoms with Crippen LogP contribution in [0.3, 0.4) is 0 Å². The van der Waals surface area contributed by atoms with Crippen LogP contribution in [0.25, 0.3) is 0 Å². The van der Waals surface area contributed by atoms with Gasteiger partial charge in [0.05, 0.1) is 11.4 Å². The molecule has 0 aromatic heterocycles. The van der Waals surface area contributed by atoms with Crippen LogP contribution < -0.4 is 14.8 Å². The lowest BCUT2D eigenvalue weighted by atomic mass is 10.1. The van der Waals surface area contributed by atoms with E-state index in [1.807, 2.05) is 32.0 Å². The minimum Gasteiger partial charge on any atom is -0.491 e. The number of nitrogens with one attached hydrogen (secondary N) is 2. The van der Waals surface area contributed by atoms with Gasteiger partial charge in [0, 0.05) is 18.0 Å². The second-order valence-electron chi connectivity index (χ2n) is 6.02. The number of rotatable bonds is 9. The molecule has 2 rings (SSSR count). The van der Waals surface area contributed by atoms with E-state index in [9.17, 15) is 13.2 Å². The number of sulfonamides is 1. The third-order valence-corrected chi connectivity index (χ3v) is 5.52. The fraction of sp³-hybridized carbons (Fsp3) is 0.316. The molecular weight excluding hydrogens is 388 g/mol. The summed E-state index contributed by atoms with van der Waals surface area (Å²) in [5, 5.41) is 3.04. The zero-order valence-corrected chi connectivity index (χ0v) is 16.9. The molecule has 0 bridgehead atoms. The lowest BCUT2D eigenvalue weighted by Gasteiger charge is -2.12. The van der Waals surface area contributed by atoms with Gasteiger partial charge in [0.1, 0.15) is 12.4 Å². The summed E-state index contributed by atoms with van der Waals surface area (Å²) in [4.78, 5) is 11.9. The fourth-order valence-electron chi connectivity index (χ4n) is 2.48. The molecule has 27 heavy (non-hydrogen) atoms. The standard InChI is InChI=1S/C19H23ClN2O4S/c1-14-5-3-6-15(2)19(14)26-12-11-21-18(23)9-10-22-27(24,25)17-8-4-7-16(20)13-17/h3-8,13,22H,9-12H2,1-2H3,(H,21,23). The van der Waals surface area contributed by atoms with Crippen molar-refractivity contribution in [1.82, 2.24) is 10.0 Å². The number of amides is 1. The second-order valence-corrected chi connectivity index (χ2v) is 8.23. The van der Waals surface area contributed by atoms with E-state index in [1.165, 1.54) is 12.1 Å². The summed E-state index contributed by atoms with van der Waals surface area (Å²) in [6.07, 6.45) is 0.0309. The van der Waals surface area contributed by atoms with E-state index in [4.69, 9.17) is 16.3 Å². The van der Waals surface area contributed by atoms with Gasteiger partial charge in [0.15, 0.2) is 0 Å². The molecule has 0 radical (unpaired) electrons. The Morgan fingerprint density at radius 1 is 1.07 bits per heavy atom. The van der Waals surface area contributed by atoms with Gasteiger partial charge in [-0.3, -0.25) is 4.79 Å². The van der Waals surface area contributed by atoms with Crippen molar-refractivity contribution in [3.63, 3.8) is 0 Å². The molecule has 6 nitrogen and oxygen atoms in total. The summed E-state index contributed by atoms with van der Waals surface area (Å²) in [6, 6.07) is 11.8. The van der Waals surface area contributed by atoms with Crippen molar-refractivity contribution in [3.8, 4) is 5.75 Å². The largest absolute Gasteiger partial charge is 0.491 e. The van der Waals surface area contributed by atoms with Gasteiger partial charge in [0.2, 0.25) is 15.9 Å². The molecule has 8 heteroatoms. The number of aryl methyl sites for hydroxylation is 2. The first-order valence-corrected chi connectivity index (χ1v) is 10.4. The monoisotopic (exact) mass is 410 g/mol. The smallest absolute Gasteiger partial charge is 0.240 e. The zero-order valence-electron chi connectivity index (χ0n) is 15.3. The average Bonchev–Trinajstić information content (AvgIpc) is 2.60. The first-order valence-electron chi connectivity index (χ1n) is 8.50. The van der Waals surface area contributed by atoms with E-state index in [2.05, 4.69) is 10.0 Å². The normalized spacial score (nSPS) is 11.2. The molecule has 0 aliphatic carbocycles. The summed E-state index contributed by atoms with van der Waals surface area (Å²) in [5.41, 5.74) is 2.08. The van der Waals surface area contributed by atoms with Gasteiger partial charge < -0.3 is 10.1 Å². The molecule has 0 fully saturated rings. The molecule has 0 aliphatic rings. The van der Waals surface area contributed by atoms with Gasteiger partial charge in [-0.25, -0.2) is 13.1 Å². The van der Waals surface area contributed by atoms with E-state index < -0.39 is 10.0 Å². The summed E-state index contributed by atoms with van der Waals surface area (Å²) < 4.78 is 32.3. The molecule has 0 spiro atoms. The Bertz CT molecular complexity index is 880. The number of hydrogen-bond donors (Lipinski definition) is 2. The highest BCUT2D eigenvalue weighted by Crippen LogP contribution is 2.21. The number of hydrogen-bond acceptors (Lipinski definition) is 4. The first kappa shape index (κ1) is 21.2. The van der Waals surface area contributed by atoms with Crippen molar-refractivity contribution in [1.29, 1.82) is 0 Å². The third kappa shape index (κ3) is 6.53. The van der Waals surface area contributed by atoms with E-state index in [1.54, 1.807) is 12.1 Å².